The summed E-state index contributed by atoms with van der Waals surface area (Å²) >= 11 is 0. The van der Waals surface area contributed by atoms with Gasteiger partial charge in [0.25, 0.3) is 0 Å². The molecule has 0 N–H and O–H groups in total. The van der Waals surface area contributed by atoms with Crippen molar-refractivity contribution in [2.45, 2.75) is 24.7 Å². The fraction of sp³-hybridized carbons (Fsp3) is 0.0625. The molecule has 3 aliphatic rings. The van der Waals surface area contributed by atoms with Crippen LogP contribution < -0.4 is 4.90 Å². The average Bonchev–Trinajstić information content (AvgIpc) is 3.94. The molecule has 1 heteroatoms. The van der Waals surface area contributed by atoms with Gasteiger partial charge in [0, 0.05) is 22.4 Å². The Morgan fingerprint density at radius 1 is 0.277 bits per heavy atom. The minimum absolute atomic E-state index is 0.0601. The number of hydrogen-bond donors (Lipinski definition) is 0. The molecule has 13 rings (SSSR count). The van der Waals surface area contributed by atoms with Crippen molar-refractivity contribution in [1.82, 2.24) is 0 Å². The van der Waals surface area contributed by atoms with Gasteiger partial charge in [-0.05, 0) is 131 Å². The van der Waals surface area contributed by atoms with Crippen molar-refractivity contribution in [2.24, 2.45) is 0 Å². The van der Waals surface area contributed by atoms with E-state index < -0.39 is 5.41 Å². The van der Waals surface area contributed by atoms with E-state index in [2.05, 4.69) is 255 Å². The van der Waals surface area contributed by atoms with Crippen LogP contribution in [0.5, 0.6) is 0 Å². The summed E-state index contributed by atoms with van der Waals surface area (Å²) in [6, 6.07) is 88.2. The maximum Gasteiger partial charge on any atom is 0.0726 e. The molecule has 0 saturated heterocycles. The molecule has 306 valence electrons. The summed E-state index contributed by atoms with van der Waals surface area (Å²) < 4.78 is 0. The summed E-state index contributed by atoms with van der Waals surface area (Å²) in [6.45, 7) is 4.72. The second-order valence-corrected chi connectivity index (χ2v) is 18.4. The van der Waals surface area contributed by atoms with E-state index in [1.165, 1.54) is 100 Å². The smallest absolute Gasteiger partial charge is 0.0726 e. The second-order valence-electron chi connectivity index (χ2n) is 18.4. The number of nitrogens with zero attached hydrogens (tertiary/aromatic N) is 1. The van der Waals surface area contributed by atoms with Crippen molar-refractivity contribution < 1.29 is 0 Å². The Labute approximate surface area is 381 Å². The van der Waals surface area contributed by atoms with E-state index in [1.54, 1.807) is 0 Å². The molecule has 0 radical (unpaired) electrons. The molecule has 10 aromatic rings. The van der Waals surface area contributed by atoms with Gasteiger partial charge in [0.15, 0.2) is 0 Å². The van der Waals surface area contributed by atoms with E-state index in [-0.39, 0.29) is 5.41 Å². The Balaban J connectivity index is 1.03. The molecule has 0 saturated carbocycles. The van der Waals surface area contributed by atoms with Gasteiger partial charge in [-0.25, -0.2) is 0 Å². The van der Waals surface area contributed by atoms with Crippen LogP contribution in [0, 0.1) is 0 Å². The van der Waals surface area contributed by atoms with Gasteiger partial charge in [0.1, 0.15) is 0 Å². The van der Waals surface area contributed by atoms with E-state index in [0.717, 1.165) is 17.1 Å². The van der Waals surface area contributed by atoms with Gasteiger partial charge in [-0.15, -0.1) is 0 Å². The van der Waals surface area contributed by atoms with Crippen molar-refractivity contribution in [3.8, 4) is 66.8 Å². The van der Waals surface area contributed by atoms with E-state index in [4.69, 9.17) is 0 Å². The first-order valence-corrected chi connectivity index (χ1v) is 22.8. The number of benzene rings is 10. The van der Waals surface area contributed by atoms with Gasteiger partial charge in [0.05, 0.1) is 11.1 Å². The maximum absolute atomic E-state index is 2.49. The van der Waals surface area contributed by atoms with Crippen LogP contribution in [-0.4, -0.2) is 0 Å². The first kappa shape index (κ1) is 37.5. The summed E-state index contributed by atoms with van der Waals surface area (Å²) in [5.41, 5.74) is 26.1. The summed E-state index contributed by atoms with van der Waals surface area (Å²) in [5.74, 6) is 0. The summed E-state index contributed by atoms with van der Waals surface area (Å²) in [6.07, 6.45) is 0. The Bertz CT molecular complexity index is 3490. The molecule has 1 nitrogen and oxygen atoms in total. The molecule has 1 spiro atoms. The lowest BCUT2D eigenvalue weighted by Gasteiger charge is -2.32. The zero-order chi connectivity index (χ0) is 43.3. The molecule has 1 atom stereocenters. The minimum Gasteiger partial charge on any atom is -0.310 e. The predicted molar refractivity (Wildman–Crippen MR) is 271 cm³/mol. The fourth-order valence-corrected chi connectivity index (χ4v) is 11.8. The van der Waals surface area contributed by atoms with Crippen LogP contribution in [0.1, 0.15) is 47.2 Å². The van der Waals surface area contributed by atoms with Crippen LogP contribution in [0.3, 0.4) is 0 Å². The van der Waals surface area contributed by atoms with Crippen LogP contribution >= 0.6 is 0 Å². The zero-order valence-electron chi connectivity index (χ0n) is 36.5. The molecule has 65 heavy (non-hydrogen) atoms. The quantitative estimate of drug-likeness (QED) is 0.161. The van der Waals surface area contributed by atoms with Gasteiger partial charge in [-0.2, -0.15) is 0 Å². The molecule has 0 fully saturated rings. The van der Waals surface area contributed by atoms with E-state index in [0.29, 0.717) is 0 Å². The van der Waals surface area contributed by atoms with E-state index in [9.17, 15) is 0 Å². The van der Waals surface area contributed by atoms with Gasteiger partial charge < -0.3 is 4.90 Å². The van der Waals surface area contributed by atoms with Gasteiger partial charge in [-0.1, -0.05) is 214 Å². The lowest BCUT2D eigenvalue weighted by molar-refractivity contribution is 0.660. The third kappa shape index (κ3) is 5.39. The molecule has 0 bridgehead atoms. The Morgan fingerprint density at radius 2 is 0.723 bits per heavy atom. The Hall–Kier alpha value is -8.00. The van der Waals surface area contributed by atoms with Crippen molar-refractivity contribution in [2.75, 3.05) is 4.90 Å². The first-order chi connectivity index (χ1) is 32.0. The molecule has 1 unspecified atom stereocenters. The van der Waals surface area contributed by atoms with E-state index >= 15 is 0 Å². The van der Waals surface area contributed by atoms with Crippen molar-refractivity contribution >= 4 is 17.1 Å². The van der Waals surface area contributed by atoms with Gasteiger partial charge >= 0.3 is 0 Å². The highest BCUT2D eigenvalue weighted by atomic mass is 15.1. The highest BCUT2D eigenvalue weighted by Gasteiger charge is 2.52. The molecular formula is C64H45N. The predicted octanol–water partition coefficient (Wildman–Crippen LogP) is 16.8. The molecule has 0 heterocycles. The Kier molecular flexibility index (Phi) is 8.24. The fourth-order valence-electron chi connectivity index (χ4n) is 11.8. The summed E-state index contributed by atoms with van der Waals surface area (Å²) in [7, 11) is 0. The van der Waals surface area contributed by atoms with Crippen molar-refractivity contribution in [3.05, 3.63) is 270 Å². The second kappa shape index (κ2) is 14.3. The van der Waals surface area contributed by atoms with Crippen LogP contribution in [0.25, 0.3) is 66.8 Å². The lowest BCUT2D eigenvalue weighted by Crippen LogP contribution is -2.26. The molecule has 0 amide bonds. The zero-order valence-corrected chi connectivity index (χ0v) is 36.5. The largest absolute Gasteiger partial charge is 0.310 e. The monoisotopic (exact) mass is 827 g/mol. The third-order valence-electron chi connectivity index (χ3n) is 14.7. The molecular weight excluding hydrogens is 783 g/mol. The van der Waals surface area contributed by atoms with Crippen LogP contribution in [0.4, 0.5) is 17.1 Å². The van der Waals surface area contributed by atoms with Crippen LogP contribution in [-0.2, 0) is 10.8 Å². The minimum atomic E-state index is -0.497. The number of fused-ring (bicyclic) bond motifs is 13. The summed E-state index contributed by atoms with van der Waals surface area (Å²) in [4.78, 5) is 2.49. The average molecular weight is 828 g/mol. The van der Waals surface area contributed by atoms with E-state index in [1.807, 2.05) is 0 Å². The lowest BCUT2D eigenvalue weighted by atomic mass is 9.70. The number of hydrogen-bond acceptors (Lipinski definition) is 1. The highest BCUT2D eigenvalue weighted by molar-refractivity contribution is 6.02. The van der Waals surface area contributed by atoms with Crippen LogP contribution in [0.2, 0.25) is 0 Å². The van der Waals surface area contributed by atoms with Gasteiger partial charge in [-0.3, -0.25) is 0 Å². The van der Waals surface area contributed by atoms with Crippen LogP contribution in [0.15, 0.2) is 237 Å². The molecule has 0 aromatic heterocycles. The highest BCUT2D eigenvalue weighted by Crippen LogP contribution is 2.65. The molecule has 0 aliphatic heterocycles. The molecule has 3 aliphatic carbocycles. The van der Waals surface area contributed by atoms with Crippen molar-refractivity contribution in [1.29, 1.82) is 0 Å². The van der Waals surface area contributed by atoms with Crippen molar-refractivity contribution in [3.63, 3.8) is 0 Å². The molecule has 10 aromatic carbocycles. The topological polar surface area (TPSA) is 3.24 Å². The number of rotatable bonds is 6. The summed E-state index contributed by atoms with van der Waals surface area (Å²) in [5, 5.41) is 0. The first-order valence-electron chi connectivity index (χ1n) is 22.8. The maximum atomic E-state index is 2.49. The Morgan fingerprint density at radius 3 is 1.40 bits per heavy atom. The SMILES string of the molecule is CC1(C)c2ccccc2-c2c(-c3ccc(N(c4ccc(-c5ccccc5)cc4)c4cccc5c4-c4ccccc4C54c5ccccc5-c5ccc(-c6ccccc6)cc54)cc3)cccc21. The standard InChI is InChI=1S/C64H45N/c1-63(2)54-25-12-10-22-52(54)61-49(24-15-28-57(61)63)45-33-38-48(39-34-45)65(47-36-31-44(32-37-47)42-17-5-3-6-18-42)60-30-16-29-58-62(60)53-23-11-14-27-56(53)64(58)55-26-13-9-21-50(55)51-40-35-46(41-59(51)64)43-19-7-4-8-20-43/h3-41H,1-2H3. The normalized spacial score (nSPS) is 15.4. The third-order valence-corrected chi connectivity index (χ3v) is 14.7. The van der Waals surface area contributed by atoms with Gasteiger partial charge in [0.2, 0.25) is 0 Å². The number of anilines is 3.